The first-order chi connectivity index (χ1) is 14.6. The van der Waals surface area contributed by atoms with Crippen molar-refractivity contribution in [3.63, 3.8) is 0 Å². The van der Waals surface area contributed by atoms with Crippen molar-refractivity contribution < 1.29 is 0 Å². The quantitative estimate of drug-likeness (QED) is 0.633. The minimum atomic E-state index is 0.333. The van der Waals surface area contributed by atoms with E-state index in [-0.39, 0.29) is 0 Å². The number of nitrogens with zero attached hydrogens (tertiary/aromatic N) is 5. The van der Waals surface area contributed by atoms with Crippen LogP contribution in [0, 0.1) is 5.41 Å². The lowest BCUT2D eigenvalue weighted by Crippen LogP contribution is -2.48. The molecule has 1 aliphatic heterocycles. The summed E-state index contributed by atoms with van der Waals surface area (Å²) in [6.07, 6.45) is 13.8. The molecular weight excluding hydrogens is 418 g/mol. The molecule has 1 atom stereocenters. The van der Waals surface area contributed by atoms with E-state index in [0.29, 0.717) is 22.3 Å². The lowest BCUT2D eigenvalue weighted by molar-refractivity contribution is 0.177. The highest BCUT2D eigenvalue weighted by Gasteiger charge is 2.44. The minimum absolute atomic E-state index is 0.333. The van der Waals surface area contributed by atoms with Gasteiger partial charge in [0.25, 0.3) is 0 Å². The number of nitrogens with one attached hydrogen (secondary N) is 1. The molecule has 1 aliphatic carbocycles. The second-order valence-electron chi connectivity index (χ2n) is 8.24. The smallest absolute Gasteiger partial charge is 0.211 e. The summed E-state index contributed by atoms with van der Waals surface area (Å²) in [5.41, 5.74) is 7.19. The first-order valence-electron chi connectivity index (χ1n) is 10.4. The number of halogens is 1. The first-order valence-corrected chi connectivity index (χ1v) is 11.6. The third kappa shape index (κ3) is 3.31. The highest BCUT2D eigenvalue weighted by molar-refractivity contribution is 7.99. The van der Waals surface area contributed by atoms with Gasteiger partial charge in [-0.25, -0.2) is 15.0 Å². The zero-order valence-corrected chi connectivity index (χ0v) is 18.6. The number of hydrogen-bond acceptors (Lipinski definition) is 7. The van der Waals surface area contributed by atoms with Crippen molar-refractivity contribution in [2.75, 3.05) is 30.8 Å². The first kappa shape index (κ1) is 19.9. The summed E-state index contributed by atoms with van der Waals surface area (Å²) < 4.78 is 2.09. The van der Waals surface area contributed by atoms with Crippen LogP contribution in [0.4, 0.5) is 11.8 Å². The average Bonchev–Trinajstić information content (AvgIpc) is 3.40. The molecule has 7 nitrogen and oxygen atoms in total. The summed E-state index contributed by atoms with van der Waals surface area (Å²) in [6, 6.07) is 2.51. The number of piperidine rings is 1. The van der Waals surface area contributed by atoms with Crippen molar-refractivity contribution in [3.05, 3.63) is 35.9 Å². The molecule has 0 amide bonds. The van der Waals surface area contributed by atoms with Crippen molar-refractivity contribution in [1.29, 1.82) is 0 Å². The summed E-state index contributed by atoms with van der Waals surface area (Å²) in [5.74, 6) is 1.29. The molecule has 30 heavy (non-hydrogen) atoms. The SMILES string of the molecule is CN[C@@H]1CCCC12CCN(c1ncc(Sc3ccnc(N)c3Cl)c3nccn13)CC2. The maximum atomic E-state index is 6.33. The van der Waals surface area contributed by atoms with Gasteiger partial charge in [-0.3, -0.25) is 4.40 Å². The molecule has 3 aromatic rings. The Morgan fingerprint density at radius 3 is 2.80 bits per heavy atom. The number of pyridine rings is 1. The van der Waals surface area contributed by atoms with Crippen molar-refractivity contribution in [3.8, 4) is 0 Å². The van der Waals surface area contributed by atoms with Gasteiger partial charge in [0.15, 0.2) is 5.65 Å². The average molecular weight is 444 g/mol. The number of rotatable bonds is 4. The van der Waals surface area contributed by atoms with Crippen molar-refractivity contribution in [2.24, 2.45) is 5.41 Å². The number of nitrogen functional groups attached to an aromatic ring is 1. The molecule has 9 heteroatoms. The highest BCUT2D eigenvalue weighted by Crippen LogP contribution is 2.47. The number of nitrogens with two attached hydrogens (primary N) is 1. The van der Waals surface area contributed by atoms with Gasteiger partial charge < -0.3 is 16.0 Å². The molecule has 0 unspecified atom stereocenters. The standard InChI is InChI=1S/C21H26ClN7S/c1-24-16-3-2-5-21(16)6-10-28(11-7-21)20-27-13-15(19-26-9-12-29(19)20)30-14-4-8-25-18(23)17(14)22/h4,8-9,12-13,16,24H,2-3,5-7,10-11H2,1H3,(H2,23,25)/t16-/m1/s1. The van der Waals surface area contributed by atoms with Crippen LogP contribution in [0.5, 0.6) is 0 Å². The van der Waals surface area contributed by atoms with Gasteiger partial charge in [-0.15, -0.1) is 0 Å². The largest absolute Gasteiger partial charge is 0.382 e. The van der Waals surface area contributed by atoms with E-state index in [1.165, 1.54) is 43.9 Å². The summed E-state index contributed by atoms with van der Waals surface area (Å²) in [4.78, 5) is 17.6. The molecule has 3 aromatic heterocycles. The normalized spacial score (nSPS) is 21.0. The zero-order chi connectivity index (χ0) is 20.7. The Bertz CT molecular complexity index is 1060. The van der Waals surface area contributed by atoms with Crippen LogP contribution in [0.3, 0.4) is 0 Å². The molecule has 2 aliphatic rings. The number of aromatic nitrogens is 4. The van der Waals surface area contributed by atoms with Crippen LogP contribution in [0.2, 0.25) is 5.02 Å². The van der Waals surface area contributed by atoms with Crippen LogP contribution < -0.4 is 16.0 Å². The van der Waals surface area contributed by atoms with Gasteiger partial charge in [0.2, 0.25) is 5.95 Å². The fourth-order valence-corrected chi connectivity index (χ4v) is 6.30. The molecule has 0 radical (unpaired) electrons. The molecule has 5 rings (SSSR count). The lowest BCUT2D eigenvalue weighted by Gasteiger charge is -2.43. The van der Waals surface area contributed by atoms with E-state index in [0.717, 1.165) is 34.5 Å². The lowest BCUT2D eigenvalue weighted by atomic mass is 9.74. The Labute approximate surface area is 185 Å². The second-order valence-corrected chi connectivity index (χ2v) is 9.70. The summed E-state index contributed by atoms with van der Waals surface area (Å²) in [6.45, 7) is 2.05. The zero-order valence-electron chi connectivity index (χ0n) is 17.0. The van der Waals surface area contributed by atoms with Crippen LogP contribution >= 0.6 is 23.4 Å². The molecule has 2 fully saturated rings. The molecule has 4 heterocycles. The van der Waals surface area contributed by atoms with Gasteiger partial charge in [0.05, 0.1) is 9.92 Å². The van der Waals surface area contributed by atoms with E-state index in [1.807, 2.05) is 24.7 Å². The Balaban J connectivity index is 1.40. The summed E-state index contributed by atoms with van der Waals surface area (Å²) >= 11 is 7.85. The van der Waals surface area contributed by atoms with E-state index >= 15 is 0 Å². The van der Waals surface area contributed by atoms with Crippen molar-refractivity contribution in [2.45, 2.75) is 47.9 Å². The van der Waals surface area contributed by atoms with Gasteiger partial charge in [-0.05, 0) is 44.2 Å². The number of hydrogen-bond donors (Lipinski definition) is 2. The summed E-state index contributed by atoms with van der Waals surface area (Å²) in [5, 5.41) is 4.03. The third-order valence-electron chi connectivity index (χ3n) is 6.77. The Hall–Kier alpha value is -2.03. The van der Waals surface area contributed by atoms with E-state index in [4.69, 9.17) is 22.3 Å². The van der Waals surface area contributed by atoms with Crippen molar-refractivity contribution >= 4 is 40.8 Å². The van der Waals surface area contributed by atoms with Crippen LogP contribution in [0.25, 0.3) is 5.65 Å². The maximum Gasteiger partial charge on any atom is 0.211 e. The van der Waals surface area contributed by atoms with Crippen molar-refractivity contribution in [1.82, 2.24) is 24.7 Å². The topological polar surface area (TPSA) is 84.4 Å². The third-order valence-corrected chi connectivity index (χ3v) is 8.35. The molecule has 1 spiro atoms. The molecule has 1 saturated heterocycles. The number of fused-ring (bicyclic) bond motifs is 1. The van der Waals surface area contributed by atoms with E-state index in [2.05, 4.69) is 31.6 Å². The molecule has 0 aromatic carbocycles. The predicted molar refractivity (Wildman–Crippen MR) is 121 cm³/mol. The van der Waals surface area contributed by atoms with Crippen LogP contribution in [-0.4, -0.2) is 45.5 Å². The molecular formula is C21H26ClN7S. The Morgan fingerprint density at radius 2 is 2.00 bits per heavy atom. The number of anilines is 2. The Kier molecular flexibility index (Phi) is 5.24. The van der Waals surface area contributed by atoms with Gasteiger partial charge in [0, 0.05) is 48.8 Å². The van der Waals surface area contributed by atoms with Crippen LogP contribution in [0.1, 0.15) is 32.1 Å². The fourth-order valence-electron chi connectivity index (χ4n) is 5.17. The molecule has 0 bridgehead atoms. The predicted octanol–water partition coefficient (Wildman–Crippen LogP) is 3.87. The highest BCUT2D eigenvalue weighted by atomic mass is 35.5. The second kappa shape index (κ2) is 7.90. The molecule has 1 saturated carbocycles. The van der Waals surface area contributed by atoms with E-state index in [1.54, 1.807) is 6.20 Å². The van der Waals surface area contributed by atoms with Gasteiger partial charge >= 0.3 is 0 Å². The van der Waals surface area contributed by atoms with Gasteiger partial charge in [-0.2, -0.15) is 0 Å². The Morgan fingerprint density at radius 1 is 1.17 bits per heavy atom. The van der Waals surface area contributed by atoms with E-state index < -0.39 is 0 Å². The molecule has 3 N–H and O–H groups in total. The number of imidazole rings is 1. The minimum Gasteiger partial charge on any atom is -0.382 e. The van der Waals surface area contributed by atoms with Crippen LogP contribution in [-0.2, 0) is 0 Å². The fraction of sp³-hybridized carbons (Fsp3) is 0.476. The monoisotopic (exact) mass is 443 g/mol. The summed E-state index contributed by atoms with van der Waals surface area (Å²) in [7, 11) is 2.11. The maximum absolute atomic E-state index is 6.33. The van der Waals surface area contributed by atoms with E-state index in [9.17, 15) is 0 Å². The molecule has 158 valence electrons. The van der Waals surface area contributed by atoms with Crippen LogP contribution in [0.15, 0.2) is 40.6 Å². The van der Waals surface area contributed by atoms with Gasteiger partial charge in [0.1, 0.15) is 5.82 Å². The van der Waals surface area contributed by atoms with Gasteiger partial charge in [-0.1, -0.05) is 29.8 Å².